The number of carbonyl (C=O) groups excluding carboxylic acids is 2. The molecule has 2 aliphatic rings. The summed E-state index contributed by atoms with van der Waals surface area (Å²) in [6.45, 7) is 6.74. The summed E-state index contributed by atoms with van der Waals surface area (Å²) in [5, 5.41) is 10.9. The molecule has 2 heterocycles. The van der Waals surface area contributed by atoms with Gasteiger partial charge in [-0.05, 0) is 33.3 Å². The maximum Gasteiger partial charge on any atom is 0.412 e. The van der Waals surface area contributed by atoms with Gasteiger partial charge in [0.1, 0.15) is 31.1 Å². The predicted molar refractivity (Wildman–Crippen MR) is 98.2 cm³/mol. The molecule has 0 saturated carbocycles. The van der Waals surface area contributed by atoms with Crippen molar-refractivity contribution in [2.75, 3.05) is 13.2 Å². The Morgan fingerprint density at radius 1 is 1.25 bits per heavy atom. The van der Waals surface area contributed by atoms with E-state index in [1.165, 1.54) is 4.90 Å². The molecule has 0 aromatic heterocycles. The molecule has 0 bridgehead atoms. The number of nitrogens with zero attached hydrogens (tertiary/aromatic N) is 1. The van der Waals surface area contributed by atoms with Crippen LogP contribution in [0.15, 0.2) is 30.3 Å². The van der Waals surface area contributed by atoms with Crippen LogP contribution in [0, 0.1) is 0 Å². The van der Waals surface area contributed by atoms with Crippen molar-refractivity contribution >= 4 is 11.9 Å². The molecule has 8 nitrogen and oxygen atoms in total. The number of Topliss-reactive ketones (excluding diaryl/α,β-unsaturated/α-hetero) is 1. The smallest absolute Gasteiger partial charge is 0.412 e. The molecule has 2 saturated heterocycles. The van der Waals surface area contributed by atoms with Gasteiger partial charge < -0.3 is 24.1 Å². The minimum Gasteiger partial charge on any atom is -0.444 e. The summed E-state index contributed by atoms with van der Waals surface area (Å²) in [7, 11) is 0. The molecule has 8 heteroatoms. The summed E-state index contributed by atoms with van der Waals surface area (Å²) < 4.78 is 22.1. The van der Waals surface area contributed by atoms with E-state index in [4.69, 9.17) is 18.9 Å². The van der Waals surface area contributed by atoms with Gasteiger partial charge in [0.15, 0.2) is 11.6 Å². The van der Waals surface area contributed by atoms with E-state index in [1.807, 2.05) is 30.3 Å². The van der Waals surface area contributed by atoms with Crippen molar-refractivity contribution < 1.29 is 33.6 Å². The fourth-order valence-corrected chi connectivity index (χ4v) is 3.42. The van der Waals surface area contributed by atoms with E-state index in [-0.39, 0.29) is 25.6 Å². The van der Waals surface area contributed by atoms with Gasteiger partial charge in [-0.15, -0.1) is 0 Å². The van der Waals surface area contributed by atoms with Gasteiger partial charge in [0.2, 0.25) is 0 Å². The molecule has 1 aromatic carbocycles. The molecule has 1 N–H and O–H groups in total. The number of hydrogen-bond acceptors (Lipinski definition) is 7. The third-order valence-corrected chi connectivity index (χ3v) is 4.92. The molecular formula is C20H27NO7. The zero-order valence-corrected chi connectivity index (χ0v) is 16.6. The highest BCUT2D eigenvalue weighted by Crippen LogP contribution is 2.33. The first kappa shape index (κ1) is 20.7. The first-order chi connectivity index (χ1) is 13.1. The van der Waals surface area contributed by atoms with Crippen LogP contribution in [0.1, 0.15) is 33.3 Å². The van der Waals surface area contributed by atoms with Crippen LogP contribution in [-0.4, -0.2) is 64.9 Å². The average Bonchev–Trinajstić information content (AvgIpc) is 2.97. The average molecular weight is 393 g/mol. The fourth-order valence-electron chi connectivity index (χ4n) is 3.42. The van der Waals surface area contributed by atoms with Crippen LogP contribution in [0.3, 0.4) is 0 Å². The highest BCUT2D eigenvalue weighted by molar-refractivity contribution is 5.85. The second-order valence-electron chi connectivity index (χ2n) is 7.92. The topological polar surface area (TPSA) is 94.5 Å². The summed E-state index contributed by atoms with van der Waals surface area (Å²) >= 11 is 0. The number of aliphatic hydroxyl groups is 1. The van der Waals surface area contributed by atoms with E-state index in [9.17, 15) is 14.7 Å². The van der Waals surface area contributed by atoms with Crippen LogP contribution in [0.25, 0.3) is 0 Å². The van der Waals surface area contributed by atoms with Crippen molar-refractivity contribution in [2.24, 2.45) is 0 Å². The molecule has 154 valence electrons. The summed E-state index contributed by atoms with van der Waals surface area (Å²) in [5.74, 6) is -1.39. The molecule has 3 atom stereocenters. The van der Waals surface area contributed by atoms with Gasteiger partial charge in [-0.25, -0.2) is 4.79 Å². The van der Waals surface area contributed by atoms with E-state index in [2.05, 4.69) is 0 Å². The number of hydrogen-bond donors (Lipinski definition) is 1. The molecule has 2 aliphatic heterocycles. The lowest BCUT2D eigenvalue weighted by Crippen LogP contribution is -2.59. The van der Waals surface area contributed by atoms with Gasteiger partial charge in [0.25, 0.3) is 0 Å². The van der Waals surface area contributed by atoms with Crippen molar-refractivity contribution in [2.45, 2.75) is 64.1 Å². The van der Waals surface area contributed by atoms with Crippen LogP contribution in [-0.2, 0) is 30.3 Å². The number of rotatable bonds is 4. The summed E-state index contributed by atoms with van der Waals surface area (Å²) in [6, 6.07) is 8.50. The zero-order chi connectivity index (χ0) is 20.5. The molecule has 0 radical (unpaired) electrons. The highest BCUT2D eigenvalue weighted by atomic mass is 16.7. The lowest BCUT2D eigenvalue weighted by Gasteiger charge is -2.40. The number of benzene rings is 1. The number of amides is 1. The van der Waals surface area contributed by atoms with Gasteiger partial charge >= 0.3 is 6.09 Å². The van der Waals surface area contributed by atoms with Crippen LogP contribution in [0.5, 0.6) is 0 Å². The Morgan fingerprint density at radius 2 is 1.93 bits per heavy atom. The first-order valence-electron chi connectivity index (χ1n) is 9.27. The van der Waals surface area contributed by atoms with Crippen LogP contribution in [0.4, 0.5) is 4.79 Å². The Hall–Kier alpha value is -2.00. The lowest BCUT2D eigenvalue weighted by molar-refractivity contribution is -0.273. The van der Waals surface area contributed by atoms with Crippen molar-refractivity contribution in [3.05, 3.63) is 35.9 Å². The van der Waals surface area contributed by atoms with E-state index in [0.717, 1.165) is 5.56 Å². The Labute approximate surface area is 164 Å². The molecule has 1 amide bonds. The molecule has 0 spiro atoms. The molecule has 28 heavy (non-hydrogen) atoms. The number of aliphatic hydroxyl groups excluding tert-OH is 1. The minimum atomic E-state index is -1.28. The van der Waals surface area contributed by atoms with E-state index in [0.29, 0.717) is 0 Å². The molecule has 0 aliphatic carbocycles. The normalized spacial score (nSPS) is 27.5. The van der Waals surface area contributed by atoms with E-state index < -0.39 is 35.9 Å². The highest BCUT2D eigenvalue weighted by Gasteiger charge is 2.52. The van der Waals surface area contributed by atoms with Gasteiger partial charge in [0, 0.05) is 0 Å². The van der Waals surface area contributed by atoms with Gasteiger partial charge in [-0.1, -0.05) is 30.3 Å². The number of carbonyl (C=O) groups is 2. The second kappa shape index (κ2) is 7.79. The van der Waals surface area contributed by atoms with Gasteiger partial charge in [0.05, 0.1) is 12.6 Å². The molecular weight excluding hydrogens is 366 g/mol. The van der Waals surface area contributed by atoms with Crippen LogP contribution < -0.4 is 0 Å². The molecule has 3 rings (SSSR count). The Kier molecular flexibility index (Phi) is 5.77. The lowest BCUT2D eigenvalue weighted by atomic mass is 10.00. The maximum atomic E-state index is 12.8. The summed E-state index contributed by atoms with van der Waals surface area (Å²) in [5.41, 5.74) is -0.154. The maximum absolute atomic E-state index is 12.8. The predicted octanol–water partition coefficient (Wildman–Crippen LogP) is 1.84. The fraction of sp³-hybridized carbons (Fsp3) is 0.600. The van der Waals surface area contributed by atoms with Crippen molar-refractivity contribution in [3.8, 4) is 0 Å². The van der Waals surface area contributed by atoms with E-state index >= 15 is 0 Å². The Morgan fingerprint density at radius 3 is 2.61 bits per heavy atom. The van der Waals surface area contributed by atoms with Gasteiger partial charge in [-0.2, -0.15) is 0 Å². The van der Waals surface area contributed by atoms with E-state index in [1.54, 1.807) is 27.7 Å². The van der Waals surface area contributed by atoms with Gasteiger partial charge in [-0.3, -0.25) is 9.69 Å². The number of ether oxygens (including phenoxy) is 4. The van der Waals surface area contributed by atoms with Crippen molar-refractivity contribution in [1.82, 2.24) is 4.90 Å². The van der Waals surface area contributed by atoms with Crippen LogP contribution in [0.2, 0.25) is 0 Å². The molecule has 1 aromatic rings. The second-order valence-corrected chi connectivity index (χ2v) is 7.92. The zero-order valence-electron chi connectivity index (χ0n) is 16.6. The first-order valence-corrected chi connectivity index (χ1v) is 9.27. The monoisotopic (exact) mass is 393 g/mol. The third kappa shape index (κ3) is 4.35. The largest absolute Gasteiger partial charge is 0.444 e. The Bertz CT molecular complexity index is 719. The van der Waals surface area contributed by atoms with Crippen molar-refractivity contribution in [3.63, 3.8) is 0 Å². The van der Waals surface area contributed by atoms with Crippen molar-refractivity contribution in [1.29, 1.82) is 0 Å². The summed E-state index contributed by atoms with van der Waals surface area (Å²) in [4.78, 5) is 26.4. The quantitative estimate of drug-likeness (QED) is 0.834. The molecule has 0 unspecified atom stereocenters. The summed E-state index contributed by atoms with van der Waals surface area (Å²) in [6.07, 6.45) is -3.02. The standard InChI is InChI=1S/C20H27NO7/c1-19(2)21(18(24)25-10-13-8-6-5-7-9-13)14(11-26-19)16(23)17-15(22)12-27-20(3,4)28-17/h5-9,14,16-17,23H,10-12H2,1-4H3/t14-,16-,17+/m0/s1. The number of ketones is 1. The SMILES string of the molecule is CC1(C)OCC(=O)[C@H]([C@@H](O)[C@@H]2COC(C)(C)N2C(=O)OCc2ccccc2)O1. The Balaban J connectivity index is 1.74. The molecule has 2 fully saturated rings. The van der Waals surface area contributed by atoms with Crippen LogP contribution >= 0.6 is 0 Å². The minimum absolute atomic E-state index is 0.0586. The third-order valence-electron chi connectivity index (χ3n) is 4.92.